The monoisotopic (exact) mass is 403 g/mol. The number of nitrogens with zero attached hydrogens (tertiary/aromatic N) is 4. The predicted octanol–water partition coefficient (Wildman–Crippen LogP) is 1.21. The van der Waals surface area contributed by atoms with Crippen molar-refractivity contribution in [2.75, 3.05) is 17.3 Å². The highest BCUT2D eigenvalue weighted by molar-refractivity contribution is 8.00. The lowest BCUT2D eigenvalue weighted by Gasteiger charge is -2.10. The van der Waals surface area contributed by atoms with E-state index in [-0.39, 0.29) is 29.2 Å². The molecule has 27 heavy (non-hydrogen) atoms. The first-order chi connectivity index (χ1) is 13.0. The number of fused-ring (bicyclic) bond motifs is 1. The number of carbonyl (C=O) groups is 1. The standard InChI is InChI=1S/C17H17N5O3S2/c23-15(21-12-6-7-27(24,25)10-12)9-26-17-14-8-20-22(16(14)18-11-19-17)13-4-2-1-3-5-13/h1-5,8,11-12H,6-7,9-10H2,(H,21,23)/t12-/m1/s1. The summed E-state index contributed by atoms with van der Waals surface area (Å²) in [6, 6.07) is 9.35. The molecule has 1 aliphatic heterocycles. The molecule has 0 saturated carbocycles. The maximum absolute atomic E-state index is 12.2. The number of rotatable bonds is 5. The van der Waals surface area contributed by atoms with Crippen molar-refractivity contribution in [1.82, 2.24) is 25.1 Å². The molecule has 0 radical (unpaired) electrons. The molecule has 0 unspecified atom stereocenters. The average molecular weight is 403 g/mol. The summed E-state index contributed by atoms with van der Waals surface area (Å²) in [5.74, 6) is 0.102. The van der Waals surface area contributed by atoms with E-state index in [0.717, 1.165) is 11.1 Å². The predicted molar refractivity (Wildman–Crippen MR) is 103 cm³/mol. The van der Waals surface area contributed by atoms with Gasteiger partial charge in [-0.1, -0.05) is 30.0 Å². The van der Waals surface area contributed by atoms with E-state index >= 15 is 0 Å². The lowest BCUT2D eigenvalue weighted by molar-refractivity contribution is -0.119. The zero-order valence-corrected chi connectivity index (χ0v) is 15.9. The molecule has 1 saturated heterocycles. The van der Waals surface area contributed by atoms with Crippen LogP contribution in [0.4, 0.5) is 0 Å². The van der Waals surface area contributed by atoms with Crippen molar-refractivity contribution in [3.8, 4) is 5.69 Å². The second-order valence-electron chi connectivity index (χ2n) is 6.26. The second kappa shape index (κ2) is 7.28. The third kappa shape index (κ3) is 3.96. The molecule has 1 atom stereocenters. The van der Waals surface area contributed by atoms with Crippen molar-refractivity contribution in [3.63, 3.8) is 0 Å². The van der Waals surface area contributed by atoms with Gasteiger partial charge >= 0.3 is 0 Å². The summed E-state index contributed by atoms with van der Waals surface area (Å²) in [5.41, 5.74) is 1.56. The van der Waals surface area contributed by atoms with Crippen molar-refractivity contribution in [2.45, 2.75) is 17.5 Å². The van der Waals surface area contributed by atoms with Gasteiger partial charge in [-0.3, -0.25) is 4.79 Å². The molecule has 1 aromatic carbocycles. The summed E-state index contributed by atoms with van der Waals surface area (Å²) >= 11 is 1.28. The van der Waals surface area contributed by atoms with Crippen molar-refractivity contribution < 1.29 is 13.2 Å². The fourth-order valence-electron chi connectivity index (χ4n) is 3.01. The topological polar surface area (TPSA) is 107 Å². The molecule has 140 valence electrons. The maximum Gasteiger partial charge on any atom is 0.230 e. The van der Waals surface area contributed by atoms with Gasteiger partial charge in [-0.15, -0.1) is 0 Å². The quantitative estimate of drug-likeness (QED) is 0.504. The fraction of sp³-hybridized carbons (Fsp3) is 0.294. The van der Waals surface area contributed by atoms with Crippen LogP contribution in [-0.2, 0) is 14.6 Å². The first kappa shape index (κ1) is 17.9. The molecule has 0 spiro atoms. The number of sulfone groups is 1. The van der Waals surface area contributed by atoms with Crippen molar-refractivity contribution >= 4 is 38.5 Å². The van der Waals surface area contributed by atoms with Crippen LogP contribution in [0, 0.1) is 0 Å². The first-order valence-corrected chi connectivity index (χ1v) is 11.2. The van der Waals surface area contributed by atoms with Crippen molar-refractivity contribution in [1.29, 1.82) is 0 Å². The molecule has 0 bridgehead atoms. The van der Waals surface area contributed by atoms with E-state index in [4.69, 9.17) is 0 Å². The van der Waals surface area contributed by atoms with Gasteiger partial charge in [0, 0.05) is 6.04 Å². The van der Waals surface area contributed by atoms with Crippen molar-refractivity contribution in [2.24, 2.45) is 0 Å². The molecule has 3 aromatic rings. The Bertz CT molecular complexity index is 1080. The average Bonchev–Trinajstić information content (AvgIpc) is 3.24. The minimum absolute atomic E-state index is 0.0189. The lowest BCUT2D eigenvalue weighted by atomic mass is 10.3. The summed E-state index contributed by atoms with van der Waals surface area (Å²) in [6.45, 7) is 0. The molecule has 10 heteroatoms. The molecule has 2 aromatic heterocycles. The van der Waals surface area contributed by atoms with Gasteiger partial charge in [-0.05, 0) is 18.6 Å². The number of para-hydroxylation sites is 1. The van der Waals surface area contributed by atoms with Crippen LogP contribution in [-0.4, -0.2) is 57.4 Å². The van der Waals surface area contributed by atoms with Crippen LogP contribution in [0.2, 0.25) is 0 Å². The van der Waals surface area contributed by atoms with Crippen LogP contribution < -0.4 is 5.32 Å². The van der Waals surface area contributed by atoms with Crippen LogP contribution in [0.1, 0.15) is 6.42 Å². The van der Waals surface area contributed by atoms with Crippen LogP contribution in [0.15, 0.2) is 47.9 Å². The number of benzene rings is 1. The fourth-order valence-corrected chi connectivity index (χ4v) is 5.45. The van der Waals surface area contributed by atoms with E-state index in [1.54, 1.807) is 10.9 Å². The summed E-state index contributed by atoms with van der Waals surface area (Å²) < 4.78 is 24.7. The third-order valence-corrected chi connectivity index (χ3v) is 7.04. The molecule has 1 aliphatic rings. The molecule has 4 rings (SSSR count). The van der Waals surface area contributed by atoms with E-state index < -0.39 is 9.84 Å². The number of amides is 1. The van der Waals surface area contributed by atoms with Gasteiger partial charge in [-0.25, -0.2) is 23.1 Å². The molecule has 1 amide bonds. The van der Waals surface area contributed by atoms with Crippen LogP contribution in [0.25, 0.3) is 16.7 Å². The number of thioether (sulfide) groups is 1. The van der Waals surface area contributed by atoms with E-state index in [2.05, 4.69) is 20.4 Å². The zero-order chi connectivity index (χ0) is 18.9. The Balaban J connectivity index is 1.47. The maximum atomic E-state index is 12.2. The van der Waals surface area contributed by atoms with E-state index in [1.165, 1.54) is 18.1 Å². The van der Waals surface area contributed by atoms with Gasteiger partial charge in [0.2, 0.25) is 5.91 Å². The molecule has 1 fully saturated rings. The Morgan fingerprint density at radius 3 is 2.81 bits per heavy atom. The minimum Gasteiger partial charge on any atom is -0.352 e. The zero-order valence-electron chi connectivity index (χ0n) is 14.3. The van der Waals surface area contributed by atoms with E-state index in [1.807, 2.05) is 30.3 Å². The third-order valence-electron chi connectivity index (χ3n) is 4.27. The number of carbonyl (C=O) groups excluding carboxylic acids is 1. The second-order valence-corrected chi connectivity index (χ2v) is 9.46. The Kier molecular flexibility index (Phi) is 4.83. The number of hydrogen-bond acceptors (Lipinski definition) is 7. The highest BCUT2D eigenvalue weighted by Crippen LogP contribution is 2.25. The lowest BCUT2D eigenvalue weighted by Crippen LogP contribution is -2.36. The highest BCUT2D eigenvalue weighted by Gasteiger charge is 2.28. The Morgan fingerprint density at radius 2 is 2.07 bits per heavy atom. The summed E-state index contributed by atoms with van der Waals surface area (Å²) in [4.78, 5) is 20.7. The Morgan fingerprint density at radius 1 is 1.26 bits per heavy atom. The smallest absolute Gasteiger partial charge is 0.230 e. The van der Waals surface area contributed by atoms with Crippen LogP contribution >= 0.6 is 11.8 Å². The highest BCUT2D eigenvalue weighted by atomic mass is 32.2. The molecule has 3 heterocycles. The molecular formula is C17H17N5O3S2. The van der Waals surface area contributed by atoms with Gasteiger partial charge in [0.15, 0.2) is 15.5 Å². The number of aromatic nitrogens is 4. The SMILES string of the molecule is O=C(CSc1ncnc2c1cnn2-c1ccccc1)N[C@@H]1CCS(=O)(=O)C1. The molecule has 0 aliphatic carbocycles. The summed E-state index contributed by atoms with van der Waals surface area (Å²) in [5, 5.41) is 8.60. The van der Waals surface area contributed by atoms with Crippen LogP contribution in [0.5, 0.6) is 0 Å². The van der Waals surface area contributed by atoms with Gasteiger partial charge in [0.05, 0.1) is 34.5 Å². The van der Waals surface area contributed by atoms with Gasteiger partial charge in [0.25, 0.3) is 0 Å². The minimum atomic E-state index is -3.01. The van der Waals surface area contributed by atoms with E-state index in [9.17, 15) is 13.2 Å². The number of nitrogens with one attached hydrogen (secondary N) is 1. The Hall–Kier alpha value is -2.46. The molecule has 1 N–H and O–H groups in total. The van der Waals surface area contributed by atoms with Crippen molar-refractivity contribution in [3.05, 3.63) is 42.9 Å². The number of hydrogen-bond donors (Lipinski definition) is 1. The molecule has 8 nitrogen and oxygen atoms in total. The van der Waals surface area contributed by atoms with E-state index in [0.29, 0.717) is 17.1 Å². The largest absolute Gasteiger partial charge is 0.352 e. The van der Waals surface area contributed by atoms with Gasteiger partial charge in [0.1, 0.15) is 11.4 Å². The Labute approximate surface area is 160 Å². The van der Waals surface area contributed by atoms with Gasteiger partial charge < -0.3 is 5.32 Å². The van der Waals surface area contributed by atoms with Gasteiger partial charge in [-0.2, -0.15) is 5.10 Å². The summed E-state index contributed by atoms with van der Waals surface area (Å²) in [6.07, 6.45) is 3.61. The first-order valence-electron chi connectivity index (χ1n) is 8.38. The van der Waals surface area contributed by atoms with Crippen LogP contribution in [0.3, 0.4) is 0 Å². The summed E-state index contributed by atoms with van der Waals surface area (Å²) in [7, 11) is -3.01. The normalized spacial score (nSPS) is 18.6. The molecular weight excluding hydrogens is 386 g/mol.